The van der Waals surface area contributed by atoms with E-state index in [9.17, 15) is 9.59 Å². The Balaban J connectivity index is 1.88. The van der Waals surface area contributed by atoms with E-state index >= 15 is 0 Å². The number of aromatic nitrogens is 2. The van der Waals surface area contributed by atoms with Crippen LogP contribution in [0.3, 0.4) is 0 Å². The highest BCUT2D eigenvalue weighted by Gasteiger charge is 2.20. The van der Waals surface area contributed by atoms with E-state index in [0.29, 0.717) is 40.6 Å². The van der Waals surface area contributed by atoms with Crippen LogP contribution in [0.4, 0.5) is 5.69 Å². The Morgan fingerprint density at radius 3 is 2.80 bits per heavy atom. The molecule has 2 aromatic carbocycles. The summed E-state index contributed by atoms with van der Waals surface area (Å²) >= 11 is 4.63. The zero-order chi connectivity index (χ0) is 21.7. The molecule has 1 atom stereocenters. The molecule has 0 spiro atoms. The summed E-state index contributed by atoms with van der Waals surface area (Å²) in [6, 6.07) is 12.5. The zero-order valence-electron chi connectivity index (χ0n) is 16.8. The fourth-order valence-corrected chi connectivity index (χ4v) is 4.09. The number of hydrogen-bond acceptors (Lipinski definition) is 6. The van der Waals surface area contributed by atoms with Crippen LogP contribution >= 0.6 is 27.7 Å². The lowest BCUT2D eigenvalue weighted by molar-refractivity contribution is -0.115. The summed E-state index contributed by atoms with van der Waals surface area (Å²) in [6.07, 6.45) is 0. The van der Waals surface area contributed by atoms with Crippen molar-refractivity contribution in [3.05, 3.63) is 57.3 Å². The minimum atomic E-state index is -0.482. The second kappa shape index (κ2) is 10.1. The van der Waals surface area contributed by atoms with E-state index in [1.807, 2.05) is 6.07 Å². The van der Waals surface area contributed by atoms with Gasteiger partial charge in [0, 0.05) is 23.3 Å². The summed E-state index contributed by atoms with van der Waals surface area (Å²) in [6.45, 7) is 2.48. The molecule has 3 aromatic rings. The van der Waals surface area contributed by atoms with Crippen molar-refractivity contribution in [1.82, 2.24) is 9.55 Å². The van der Waals surface area contributed by atoms with Gasteiger partial charge in [-0.15, -0.1) is 0 Å². The molecule has 0 unspecified atom stereocenters. The van der Waals surface area contributed by atoms with Gasteiger partial charge in [-0.2, -0.15) is 0 Å². The number of thioether (sulfide) groups is 1. The summed E-state index contributed by atoms with van der Waals surface area (Å²) in [5.74, 6) is 0.459. The van der Waals surface area contributed by atoms with Crippen LogP contribution in [0.15, 0.2) is 56.9 Å². The van der Waals surface area contributed by atoms with Crippen molar-refractivity contribution in [2.45, 2.75) is 23.9 Å². The first-order valence-corrected chi connectivity index (χ1v) is 10.9. The van der Waals surface area contributed by atoms with Crippen LogP contribution in [-0.4, -0.2) is 41.5 Å². The molecule has 1 N–H and O–H groups in total. The molecule has 3 rings (SSSR count). The number of anilines is 1. The number of benzene rings is 2. The van der Waals surface area contributed by atoms with Crippen molar-refractivity contribution >= 4 is 50.2 Å². The van der Waals surface area contributed by atoms with Crippen LogP contribution in [0.2, 0.25) is 0 Å². The SMILES string of the molecule is COCCn1c(S[C@@H](C)C(=O)Nc2cccc(OC)c2)nc2ccc(Br)cc2c1=O. The largest absolute Gasteiger partial charge is 0.497 e. The van der Waals surface area contributed by atoms with Crippen molar-refractivity contribution in [3.8, 4) is 5.75 Å². The third-order valence-corrected chi connectivity index (χ3v) is 5.97. The second-order valence-electron chi connectivity index (χ2n) is 6.49. The quantitative estimate of drug-likeness (QED) is 0.379. The Labute approximate surface area is 186 Å². The number of ether oxygens (including phenoxy) is 2. The van der Waals surface area contributed by atoms with Gasteiger partial charge in [0.2, 0.25) is 5.91 Å². The van der Waals surface area contributed by atoms with Gasteiger partial charge in [0.05, 0.1) is 36.4 Å². The molecule has 158 valence electrons. The van der Waals surface area contributed by atoms with E-state index in [0.717, 1.165) is 4.47 Å². The number of rotatable bonds is 8. The fourth-order valence-electron chi connectivity index (χ4n) is 2.80. The molecule has 1 amide bonds. The molecule has 0 saturated carbocycles. The molecule has 0 aliphatic heterocycles. The number of fused-ring (bicyclic) bond motifs is 1. The summed E-state index contributed by atoms with van der Waals surface area (Å²) in [7, 11) is 3.15. The number of nitrogens with one attached hydrogen (secondary N) is 1. The molecule has 0 radical (unpaired) electrons. The van der Waals surface area contributed by atoms with Crippen LogP contribution in [0.5, 0.6) is 5.75 Å². The van der Waals surface area contributed by atoms with E-state index in [1.54, 1.807) is 62.1 Å². The highest BCUT2D eigenvalue weighted by atomic mass is 79.9. The van der Waals surface area contributed by atoms with Gasteiger partial charge in [0.1, 0.15) is 5.75 Å². The van der Waals surface area contributed by atoms with Gasteiger partial charge in [0.15, 0.2) is 5.16 Å². The molecule has 0 bridgehead atoms. The predicted molar refractivity (Wildman–Crippen MR) is 123 cm³/mol. The first kappa shape index (κ1) is 22.3. The number of carbonyl (C=O) groups excluding carboxylic acids is 1. The standard InChI is InChI=1S/C21H22BrN3O4S/c1-13(19(26)23-15-5-4-6-16(12-15)29-3)30-21-24-18-8-7-14(22)11-17(18)20(27)25(21)9-10-28-2/h4-8,11-13H,9-10H2,1-3H3,(H,23,26)/t13-/m0/s1. The van der Waals surface area contributed by atoms with E-state index < -0.39 is 5.25 Å². The molecular formula is C21H22BrN3O4S. The predicted octanol–water partition coefficient (Wildman–Crippen LogP) is 3.93. The normalized spacial score (nSPS) is 12.0. The molecule has 0 saturated heterocycles. The minimum Gasteiger partial charge on any atom is -0.497 e. The van der Waals surface area contributed by atoms with Gasteiger partial charge >= 0.3 is 0 Å². The maximum absolute atomic E-state index is 13.0. The molecule has 9 heteroatoms. The van der Waals surface area contributed by atoms with Gasteiger partial charge in [-0.05, 0) is 37.3 Å². The van der Waals surface area contributed by atoms with Crippen molar-refractivity contribution in [2.24, 2.45) is 0 Å². The summed E-state index contributed by atoms with van der Waals surface area (Å²) in [4.78, 5) is 30.4. The Morgan fingerprint density at radius 2 is 2.07 bits per heavy atom. The molecule has 7 nitrogen and oxygen atoms in total. The molecule has 0 fully saturated rings. The number of methoxy groups -OCH3 is 2. The molecule has 0 aliphatic carbocycles. The molecular weight excluding hydrogens is 470 g/mol. The zero-order valence-corrected chi connectivity index (χ0v) is 19.2. The number of hydrogen-bond donors (Lipinski definition) is 1. The Morgan fingerprint density at radius 1 is 1.27 bits per heavy atom. The monoisotopic (exact) mass is 491 g/mol. The molecule has 1 aromatic heterocycles. The van der Waals surface area contributed by atoms with Gasteiger partial charge in [-0.25, -0.2) is 4.98 Å². The maximum atomic E-state index is 13.0. The molecule has 30 heavy (non-hydrogen) atoms. The van der Waals surface area contributed by atoms with Crippen LogP contribution in [0.25, 0.3) is 10.9 Å². The molecule has 0 aliphatic rings. The molecule has 1 heterocycles. The van der Waals surface area contributed by atoms with Crippen LogP contribution in [0, 0.1) is 0 Å². The van der Waals surface area contributed by atoms with E-state index in [2.05, 4.69) is 26.2 Å². The highest BCUT2D eigenvalue weighted by molar-refractivity contribution is 9.10. The lowest BCUT2D eigenvalue weighted by Crippen LogP contribution is -2.28. The topological polar surface area (TPSA) is 82.4 Å². The van der Waals surface area contributed by atoms with Crippen LogP contribution in [-0.2, 0) is 16.1 Å². The lowest BCUT2D eigenvalue weighted by atomic mass is 10.2. The maximum Gasteiger partial charge on any atom is 0.262 e. The number of carbonyl (C=O) groups is 1. The first-order chi connectivity index (χ1) is 14.4. The third kappa shape index (κ3) is 5.21. The first-order valence-electron chi connectivity index (χ1n) is 9.23. The van der Waals surface area contributed by atoms with Crippen molar-refractivity contribution in [3.63, 3.8) is 0 Å². The average molecular weight is 492 g/mol. The number of nitrogens with zero attached hydrogens (tertiary/aromatic N) is 2. The minimum absolute atomic E-state index is 0.166. The van der Waals surface area contributed by atoms with E-state index in [-0.39, 0.29) is 11.5 Å². The van der Waals surface area contributed by atoms with Crippen LogP contribution in [0.1, 0.15) is 6.92 Å². The summed E-state index contributed by atoms with van der Waals surface area (Å²) in [5, 5.41) is 3.38. The summed E-state index contributed by atoms with van der Waals surface area (Å²) < 4.78 is 12.7. The van der Waals surface area contributed by atoms with E-state index in [4.69, 9.17) is 9.47 Å². The van der Waals surface area contributed by atoms with Crippen molar-refractivity contribution in [1.29, 1.82) is 0 Å². The van der Waals surface area contributed by atoms with Crippen LogP contribution < -0.4 is 15.6 Å². The van der Waals surface area contributed by atoms with Crippen molar-refractivity contribution in [2.75, 3.05) is 26.1 Å². The highest BCUT2D eigenvalue weighted by Crippen LogP contribution is 2.25. The average Bonchev–Trinajstić information content (AvgIpc) is 2.74. The van der Waals surface area contributed by atoms with Gasteiger partial charge < -0.3 is 14.8 Å². The lowest BCUT2D eigenvalue weighted by Gasteiger charge is -2.16. The number of halogens is 1. The van der Waals surface area contributed by atoms with Crippen molar-refractivity contribution < 1.29 is 14.3 Å². The Kier molecular flexibility index (Phi) is 7.52. The smallest absolute Gasteiger partial charge is 0.262 e. The third-order valence-electron chi connectivity index (χ3n) is 4.39. The Bertz CT molecular complexity index is 1120. The van der Waals surface area contributed by atoms with Gasteiger partial charge in [-0.3, -0.25) is 14.2 Å². The second-order valence-corrected chi connectivity index (χ2v) is 8.71. The summed E-state index contributed by atoms with van der Waals surface area (Å²) in [5.41, 5.74) is 1.06. The van der Waals surface area contributed by atoms with E-state index in [1.165, 1.54) is 11.8 Å². The Hall–Kier alpha value is -2.36. The van der Waals surface area contributed by atoms with Gasteiger partial charge in [-0.1, -0.05) is 33.8 Å². The fraction of sp³-hybridized carbons (Fsp3) is 0.286. The van der Waals surface area contributed by atoms with Gasteiger partial charge in [0.25, 0.3) is 5.56 Å². The number of amides is 1.